The fourth-order valence-corrected chi connectivity index (χ4v) is 8.22. The molecule has 0 spiro atoms. The van der Waals surface area contributed by atoms with E-state index in [1.54, 1.807) is 0 Å². The van der Waals surface area contributed by atoms with Gasteiger partial charge in [-0.05, 0) is 96.3 Å². The van der Waals surface area contributed by atoms with Crippen LogP contribution in [0.25, 0.3) is 0 Å². The maximum atomic E-state index is 12.9. The maximum absolute atomic E-state index is 12.9. The van der Waals surface area contributed by atoms with Crippen molar-refractivity contribution < 1.29 is 28.6 Å². The van der Waals surface area contributed by atoms with Gasteiger partial charge in [-0.15, -0.1) is 0 Å². The minimum absolute atomic E-state index is 0.0851. The SMILES string of the molecule is CCCCC/C=C/C/C=C/C/C=C/C/C=C/CCCCCC(=O)OC[C@@H](COC(=O)CCCCCCCCCCCCCCC)OC(=O)CCCCCCCCCCC/C=C/C/C=C/CCCCC. The van der Waals surface area contributed by atoms with Crippen LogP contribution in [0.5, 0.6) is 0 Å². The standard InChI is InChI=1S/C63H110O6/c1-4-7-10-13-16-19-22-25-27-29-31-33-35-38-41-44-47-50-53-56-62(65)68-59-60(58-67-61(64)55-52-49-46-43-40-37-24-21-18-15-12-9-6-3)69-63(66)57-54-51-48-45-42-39-36-34-32-30-28-26-23-20-17-14-11-8-5-2/h16-17,19-20,25-28,31,33,38,41,60H,4-15,18,21-24,29-30,32,34-37,39-40,42-59H2,1-3H3/b19-16+,20-17+,27-25+,28-26+,33-31+,41-38+/t60-/m1/s1. The molecular formula is C63H110O6. The number of carbonyl (C=O) groups excluding carboxylic acids is 3. The lowest BCUT2D eigenvalue weighted by atomic mass is 10.0. The number of ether oxygens (including phenoxy) is 3. The molecule has 398 valence electrons. The van der Waals surface area contributed by atoms with E-state index >= 15 is 0 Å². The fourth-order valence-electron chi connectivity index (χ4n) is 8.22. The van der Waals surface area contributed by atoms with Gasteiger partial charge in [0.15, 0.2) is 6.10 Å². The Morgan fingerprint density at radius 3 is 0.855 bits per heavy atom. The van der Waals surface area contributed by atoms with Gasteiger partial charge in [-0.25, -0.2) is 0 Å². The maximum Gasteiger partial charge on any atom is 0.306 e. The van der Waals surface area contributed by atoms with E-state index in [1.165, 1.54) is 161 Å². The zero-order valence-electron chi connectivity index (χ0n) is 45.6. The average Bonchev–Trinajstić information content (AvgIpc) is 3.35. The van der Waals surface area contributed by atoms with E-state index in [9.17, 15) is 14.4 Å². The van der Waals surface area contributed by atoms with Gasteiger partial charge in [0.1, 0.15) is 13.2 Å². The van der Waals surface area contributed by atoms with Crippen LogP contribution in [0.15, 0.2) is 72.9 Å². The number of esters is 3. The van der Waals surface area contributed by atoms with E-state index in [0.717, 1.165) is 89.9 Å². The molecule has 0 unspecified atom stereocenters. The summed E-state index contributed by atoms with van der Waals surface area (Å²) < 4.78 is 16.9. The zero-order chi connectivity index (χ0) is 50.0. The molecule has 1 atom stereocenters. The van der Waals surface area contributed by atoms with Gasteiger partial charge in [0.2, 0.25) is 0 Å². The van der Waals surface area contributed by atoms with Crippen molar-refractivity contribution in [3.05, 3.63) is 72.9 Å². The molecule has 0 aliphatic carbocycles. The first-order valence-electron chi connectivity index (χ1n) is 29.4. The molecule has 6 nitrogen and oxygen atoms in total. The van der Waals surface area contributed by atoms with Crippen molar-refractivity contribution >= 4 is 17.9 Å². The van der Waals surface area contributed by atoms with Gasteiger partial charge < -0.3 is 14.2 Å². The topological polar surface area (TPSA) is 78.9 Å². The summed E-state index contributed by atoms with van der Waals surface area (Å²) in [5.41, 5.74) is 0. The monoisotopic (exact) mass is 963 g/mol. The number of allylic oxidation sites excluding steroid dienone is 12. The number of hydrogen-bond donors (Lipinski definition) is 0. The third kappa shape index (κ3) is 55.6. The molecule has 0 rings (SSSR count). The molecule has 69 heavy (non-hydrogen) atoms. The van der Waals surface area contributed by atoms with Gasteiger partial charge in [0, 0.05) is 19.3 Å². The summed E-state index contributed by atoms with van der Waals surface area (Å²) >= 11 is 0. The van der Waals surface area contributed by atoms with Gasteiger partial charge in [0.25, 0.3) is 0 Å². The first kappa shape index (κ1) is 65.8. The molecule has 0 aromatic rings. The van der Waals surface area contributed by atoms with Crippen molar-refractivity contribution in [3.63, 3.8) is 0 Å². The Labute approximate surface area is 427 Å². The van der Waals surface area contributed by atoms with E-state index in [0.29, 0.717) is 19.3 Å². The first-order valence-corrected chi connectivity index (χ1v) is 29.4. The van der Waals surface area contributed by atoms with Crippen LogP contribution in [0.2, 0.25) is 0 Å². The van der Waals surface area contributed by atoms with Crippen LogP contribution < -0.4 is 0 Å². The Balaban J connectivity index is 4.42. The van der Waals surface area contributed by atoms with Crippen molar-refractivity contribution in [2.75, 3.05) is 13.2 Å². The van der Waals surface area contributed by atoms with Crippen molar-refractivity contribution in [3.8, 4) is 0 Å². The van der Waals surface area contributed by atoms with Gasteiger partial charge >= 0.3 is 17.9 Å². The zero-order valence-corrected chi connectivity index (χ0v) is 45.6. The second-order valence-corrected chi connectivity index (χ2v) is 19.6. The lowest BCUT2D eigenvalue weighted by Crippen LogP contribution is -2.30. The quantitative estimate of drug-likeness (QED) is 0.0262. The summed E-state index contributed by atoms with van der Waals surface area (Å²) in [5, 5.41) is 0. The van der Waals surface area contributed by atoms with Gasteiger partial charge in [-0.2, -0.15) is 0 Å². The van der Waals surface area contributed by atoms with Crippen molar-refractivity contribution in [1.82, 2.24) is 0 Å². The summed E-state index contributed by atoms with van der Waals surface area (Å²) in [6.45, 7) is 6.58. The van der Waals surface area contributed by atoms with Crippen molar-refractivity contribution in [1.29, 1.82) is 0 Å². The Morgan fingerprint density at radius 1 is 0.290 bits per heavy atom. The fraction of sp³-hybridized carbons (Fsp3) is 0.762. The van der Waals surface area contributed by atoms with Crippen LogP contribution in [-0.4, -0.2) is 37.2 Å². The van der Waals surface area contributed by atoms with Crippen LogP contribution in [0.1, 0.15) is 290 Å². The minimum atomic E-state index is -0.790. The van der Waals surface area contributed by atoms with Gasteiger partial charge in [-0.1, -0.05) is 248 Å². The Hall–Kier alpha value is -3.15. The van der Waals surface area contributed by atoms with E-state index < -0.39 is 6.10 Å². The number of unbranched alkanes of at least 4 members (excludes halogenated alkanes) is 30. The molecule has 0 amide bonds. The predicted molar refractivity (Wildman–Crippen MR) is 298 cm³/mol. The molecule has 0 radical (unpaired) electrons. The van der Waals surface area contributed by atoms with Crippen LogP contribution in [0, 0.1) is 0 Å². The average molecular weight is 964 g/mol. The first-order chi connectivity index (χ1) is 34.0. The van der Waals surface area contributed by atoms with Crippen LogP contribution in [-0.2, 0) is 28.6 Å². The van der Waals surface area contributed by atoms with E-state index in [4.69, 9.17) is 14.2 Å². The van der Waals surface area contributed by atoms with E-state index in [-0.39, 0.29) is 31.1 Å². The molecule has 0 aromatic heterocycles. The van der Waals surface area contributed by atoms with Crippen LogP contribution >= 0.6 is 0 Å². The van der Waals surface area contributed by atoms with E-state index in [1.807, 2.05) is 0 Å². The van der Waals surface area contributed by atoms with E-state index in [2.05, 4.69) is 93.7 Å². The van der Waals surface area contributed by atoms with Crippen molar-refractivity contribution in [2.24, 2.45) is 0 Å². The highest BCUT2D eigenvalue weighted by Gasteiger charge is 2.19. The van der Waals surface area contributed by atoms with Crippen LogP contribution in [0.3, 0.4) is 0 Å². The molecule has 0 saturated carbocycles. The summed E-state index contributed by atoms with van der Waals surface area (Å²) in [6.07, 6.45) is 73.1. The minimum Gasteiger partial charge on any atom is -0.462 e. The van der Waals surface area contributed by atoms with Gasteiger partial charge in [0.05, 0.1) is 0 Å². The smallest absolute Gasteiger partial charge is 0.306 e. The Kier molecular flexibility index (Phi) is 54.8. The lowest BCUT2D eigenvalue weighted by molar-refractivity contribution is -0.167. The normalized spacial score (nSPS) is 12.6. The summed E-state index contributed by atoms with van der Waals surface area (Å²) in [4.78, 5) is 38.2. The summed E-state index contributed by atoms with van der Waals surface area (Å²) in [5.74, 6) is -0.911. The highest BCUT2D eigenvalue weighted by molar-refractivity contribution is 5.71. The van der Waals surface area contributed by atoms with Crippen LogP contribution in [0.4, 0.5) is 0 Å². The molecule has 0 N–H and O–H groups in total. The lowest BCUT2D eigenvalue weighted by Gasteiger charge is -2.18. The molecule has 0 fully saturated rings. The van der Waals surface area contributed by atoms with Gasteiger partial charge in [-0.3, -0.25) is 14.4 Å². The summed E-state index contributed by atoms with van der Waals surface area (Å²) in [7, 11) is 0. The molecule has 0 bridgehead atoms. The molecule has 0 aromatic carbocycles. The predicted octanol–water partition coefficient (Wildman–Crippen LogP) is 19.8. The second kappa shape index (κ2) is 57.4. The largest absolute Gasteiger partial charge is 0.462 e. The second-order valence-electron chi connectivity index (χ2n) is 19.6. The number of rotatable bonds is 53. The Bertz CT molecular complexity index is 1290. The summed E-state index contributed by atoms with van der Waals surface area (Å²) in [6, 6.07) is 0. The molecule has 6 heteroatoms. The molecular weight excluding hydrogens is 853 g/mol. The highest BCUT2D eigenvalue weighted by Crippen LogP contribution is 2.16. The molecule has 0 heterocycles. The third-order valence-electron chi connectivity index (χ3n) is 12.7. The molecule has 0 aliphatic heterocycles. The number of carbonyl (C=O) groups is 3. The molecule has 0 aliphatic rings. The third-order valence-corrected chi connectivity index (χ3v) is 12.7. The van der Waals surface area contributed by atoms with Crippen molar-refractivity contribution in [2.45, 2.75) is 297 Å². The Morgan fingerprint density at radius 2 is 0.522 bits per heavy atom. The molecule has 0 saturated heterocycles. The highest BCUT2D eigenvalue weighted by atomic mass is 16.6. The number of hydrogen-bond acceptors (Lipinski definition) is 6.